The number of nitro benzene ring substituents is 1. The molecule has 1 rings (SSSR count). The minimum atomic E-state index is -4.69. The first kappa shape index (κ1) is 15.5. The van der Waals surface area contributed by atoms with Gasteiger partial charge in [-0.25, -0.2) is 0 Å². The van der Waals surface area contributed by atoms with Crippen molar-refractivity contribution < 1.29 is 27.6 Å². The molecule has 1 aromatic carbocycles. The van der Waals surface area contributed by atoms with E-state index in [-0.39, 0.29) is 0 Å². The van der Waals surface area contributed by atoms with Gasteiger partial charge in [0.1, 0.15) is 6.42 Å². The number of nitro groups is 1. The highest BCUT2D eigenvalue weighted by Crippen LogP contribution is 2.33. The Morgan fingerprint density at radius 1 is 1.45 bits per heavy atom. The Balaban J connectivity index is 3.22. The Morgan fingerprint density at radius 3 is 2.60 bits per heavy atom. The Morgan fingerprint density at radius 2 is 2.10 bits per heavy atom. The van der Waals surface area contributed by atoms with Gasteiger partial charge in [0, 0.05) is 17.7 Å². The van der Waals surface area contributed by atoms with E-state index in [1.807, 2.05) is 0 Å². The van der Waals surface area contributed by atoms with E-state index in [9.17, 15) is 28.1 Å². The van der Waals surface area contributed by atoms with Crippen molar-refractivity contribution in [2.24, 2.45) is 0 Å². The number of carbonyl (C=O) groups excluding carboxylic acids is 1. The molecule has 0 saturated carbocycles. The highest BCUT2D eigenvalue weighted by Gasteiger charge is 2.33. The lowest BCUT2D eigenvalue weighted by Gasteiger charge is -2.08. The van der Waals surface area contributed by atoms with Crippen LogP contribution in [0.4, 0.5) is 18.9 Å². The van der Waals surface area contributed by atoms with Gasteiger partial charge in [-0.1, -0.05) is 11.8 Å². The van der Waals surface area contributed by atoms with Gasteiger partial charge in [0.15, 0.2) is 0 Å². The smallest absolute Gasteiger partial charge is 0.417 e. The molecule has 106 valence electrons. The molecule has 20 heavy (non-hydrogen) atoms. The molecule has 1 aromatic rings. The number of nitrogens with zero attached hydrogens (tertiary/aromatic N) is 1. The molecule has 0 saturated heterocycles. The van der Waals surface area contributed by atoms with E-state index in [4.69, 9.17) is 0 Å². The van der Waals surface area contributed by atoms with Crippen molar-refractivity contribution in [1.82, 2.24) is 0 Å². The van der Waals surface area contributed by atoms with Crippen molar-refractivity contribution in [3.63, 3.8) is 0 Å². The number of non-ortho nitro benzene ring substituents is 1. The molecule has 8 heteroatoms. The second kappa shape index (κ2) is 6.06. The topological polar surface area (TPSA) is 69.4 Å². The molecule has 0 aliphatic carbocycles. The zero-order valence-corrected chi connectivity index (χ0v) is 10.2. The van der Waals surface area contributed by atoms with E-state index in [1.165, 1.54) is 0 Å². The summed E-state index contributed by atoms with van der Waals surface area (Å²) in [6.45, 7) is 0. The summed E-state index contributed by atoms with van der Waals surface area (Å²) in [5.41, 5.74) is -2.17. The fourth-order valence-corrected chi connectivity index (χ4v) is 1.28. The lowest BCUT2D eigenvalue weighted by Crippen LogP contribution is -2.08. The van der Waals surface area contributed by atoms with Crippen molar-refractivity contribution in [1.29, 1.82) is 0 Å². The van der Waals surface area contributed by atoms with Gasteiger partial charge in [-0.05, 0) is 6.07 Å². The molecule has 0 aromatic heterocycles. The molecule has 0 atom stereocenters. The first-order chi connectivity index (χ1) is 9.25. The quantitative estimate of drug-likeness (QED) is 0.363. The average molecular weight is 287 g/mol. The fourth-order valence-electron chi connectivity index (χ4n) is 1.28. The molecule has 0 amide bonds. The fraction of sp³-hybridized carbons (Fsp3) is 0.250. The summed E-state index contributed by atoms with van der Waals surface area (Å²) < 4.78 is 42.4. The lowest BCUT2D eigenvalue weighted by atomic mass is 10.1. The largest absolute Gasteiger partial charge is 0.468 e. The zero-order chi connectivity index (χ0) is 15.3. The summed E-state index contributed by atoms with van der Waals surface area (Å²) in [6, 6.07) is 2.04. The monoisotopic (exact) mass is 287 g/mol. The summed E-state index contributed by atoms with van der Waals surface area (Å²) in [7, 11) is 1.11. The highest BCUT2D eigenvalue weighted by molar-refractivity contribution is 5.72. The maximum Gasteiger partial charge on any atom is 0.417 e. The molecule has 0 heterocycles. The van der Waals surface area contributed by atoms with Crippen LogP contribution < -0.4 is 0 Å². The molecular formula is C12H8F3NO4. The summed E-state index contributed by atoms with van der Waals surface area (Å²) in [5.74, 6) is 3.58. The van der Waals surface area contributed by atoms with Crippen molar-refractivity contribution in [3.8, 4) is 11.8 Å². The van der Waals surface area contributed by atoms with Gasteiger partial charge >= 0.3 is 12.1 Å². The number of halogens is 3. The van der Waals surface area contributed by atoms with Gasteiger partial charge in [0.05, 0.1) is 17.6 Å². The lowest BCUT2D eigenvalue weighted by molar-refractivity contribution is -0.384. The number of ether oxygens (including phenoxy) is 1. The summed E-state index contributed by atoms with van der Waals surface area (Å²) in [5, 5.41) is 10.5. The third kappa shape index (κ3) is 3.98. The van der Waals surface area contributed by atoms with Gasteiger partial charge in [-0.3, -0.25) is 14.9 Å². The minimum absolute atomic E-state index is 0.406. The number of alkyl halides is 3. The SMILES string of the molecule is COC(=O)CC#Cc1cc([N+](=O)[O-])ccc1C(F)(F)F. The van der Waals surface area contributed by atoms with E-state index in [0.717, 1.165) is 13.2 Å². The van der Waals surface area contributed by atoms with Crippen LogP contribution in [0, 0.1) is 22.0 Å². The van der Waals surface area contributed by atoms with E-state index >= 15 is 0 Å². The van der Waals surface area contributed by atoms with Crippen LogP contribution in [0.2, 0.25) is 0 Å². The van der Waals surface area contributed by atoms with Gasteiger partial charge in [0.2, 0.25) is 0 Å². The normalized spacial score (nSPS) is 10.4. The first-order valence-corrected chi connectivity index (χ1v) is 5.17. The van der Waals surface area contributed by atoms with Gasteiger partial charge in [-0.15, -0.1) is 0 Å². The predicted molar refractivity (Wildman–Crippen MR) is 61.6 cm³/mol. The molecule has 0 spiro atoms. The Kier molecular flexibility index (Phi) is 4.69. The number of esters is 1. The third-order valence-electron chi connectivity index (χ3n) is 2.20. The molecule has 0 aliphatic heterocycles. The van der Waals surface area contributed by atoms with E-state index in [2.05, 4.69) is 16.6 Å². The van der Waals surface area contributed by atoms with Crippen molar-refractivity contribution >= 4 is 11.7 Å². The third-order valence-corrected chi connectivity index (χ3v) is 2.20. The number of benzene rings is 1. The average Bonchev–Trinajstić information content (AvgIpc) is 2.37. The summed E-state index contributed by atoms with van der Waals surface area (Å²) in [6.07, 6.45) is -5.10. The van der Waals surface area contributed by atoms with Gasteiger partial charge < -0.3 is 4.74 Å². The molecule has 0 fully saturated rings. The standard InChI is InChI=1S/C12H8F3NO4/c1-20-11(17)4-2-3-8-7-9(16(18)19)5-6-10(8)12(13,14)15/h5-7H,4H2,1H3. The second-order valence-corrected chi connectivity index (χ2v) is 3.54. The maximum atomic E-state index is 12.7. The first-order valence-electron chi connectivity index (χ1n) is 5.17. The maximum absolute atomic E-state index is 12.7. The van der Waals surface area contributed by atoms with Crippen molar-refractivity contribution in [3.05, 3.63) is 39.4 Å². The molecule has 0 unspecified atom stereocenters. The van der Waals surface area contributed by atoms with Crippen LogP contribution in [-0.4, -0.2) is 18.0 Å². The predicted octanol–water partition coefficient (Wildman–Crippen LogP) is 2.53. The number of hydrogen-bond acceptors (Lipinski definition) is 4. The van der Waals surface area contributed by atoms with Crippen LogP contribution in [0.25, 0.3) is 0 Å². The van der Waals surface area contributed by atoms with E-state index in [0.29, 0.717) is 12.1 Å². The Hall–Kier alpha value is -2.56. The van der Waals surface area contributed by atoms with Crippen molar-refractivity contribution in [2.75, 3.05) is 7.11 Å². The number of rotatable bonds is 2. The number of methoxy groups -OCH3 is 1. The van der Waals surface area contributed by atoms with Crippen LogP contribution in [-0.2, 0) is 15.7 Å². The molecule has 0 bridgehead atoms. The Labute approximate surface area is 111 Å². The van der Waals surface area contributed by atoms with Crippen LogP contribution in [0.5, 0.6) is 0 Å². The highest BCUT2D eigenvalue weighted by atomic mass is 19.4. The van der Waals surface area contributed by atoms with E-state index < -0.39 is 40.3 Å². The summed E-state index contributed by atoms with van der Waals surface area (Å²) in [4.78, 5) is 20.5. The van der Waals surface area contributed by atoms with Gasteiger partial charge in [0.25, 0.3) is 5.69 Å². The molecule has 0 radical (unpaired) electrons. The molecule has 0 N–H and O–H groups in total. The molecule has 0 aliphatic rings. The number of hydrogen-bond donors (Lipinski definition) is 0. The molecule has 5 nitrogen and oxygen atoms in total. The summed E-state index contributed by atoms with van der Waals surface area (Å²) >= 11 is 0. The van der Waals surface area contributed by atoms with Crippen LogP contribution in [0.3, 0.4) is 0 Å². The number of carbonyl (C=O) groups is 1. The Bertz CT molecular complexity index is 599. The second-order valence-electron chi connectivity index (χ2n) is 3.54. The van der Waals surface area contributed by atoms with Crippen LogP contribution >= 0.6 is 0 Å². The molecular weight excluding hydrogens is 279 g/mol. The van der Waals surface area contributed by atoms with Crippen molar-refractivity contribution in [2.45, 2.75) is 12.6 Å². The zero-order valence-electron chi connectivity index (χ0n) is 10.2. The van der Waals surface area contributed by atoms with Crippen LogP contribution in [0.15, 0.2) is 18.2 Å². The van der Waals surface area contributed by atoms with Gasteiger partial charge in [-0.2, -0.15) is 13.2 Å². The van der Waals surface area contributed by atoms with Crippen LogP contribution in [0.1, 0.15) is 17.5 Å². The van der Waals surface area contributed by atoms with E-state index in [1.54, 1.807) is 0 Å². The minimum Gasteiger partial charge on any atom is -0.468 e.